The smallest absolute Gasteiger partial charge is 0.115 e. The number of amidine groups is 1. The topological polar surface area (TPSA) is 48.5 Å². The number of nitrogens with one attached hydrogen (secondary N) is 3. The Kier molecular flexibility index (Phi) is 12.3. The zero-order valence-electron chi connectivity index (χ0n) is 11.2. The number of nitrogens with zero attached hydrogens (tertiary/aromatic N) is 1. The SMILES string of the molecule is C=C(C)CC/C(=N/CCl)N[C@@H](CCNI)NCC. The van der Waals surface area contributed by atoms with Crippen molar-refractivity contribution < 1.29 is 0 Å². The molecule has 0 unspecified atom stereocenters. The fraction of sp³-hybridized carbons (Fsp3) is 0.750. The van der Waals surface area contributed by atoms with Gasteiger partial charge in [-0.3, -0.25) is 13.8 Å². The lowest BCUT2D eigenvalue weighted by Crippen LogP contribution is -2.46. The molecule has 6 heteroatoms. The highest BCUT2D eigenvalue weighted by atomic mass is 127. The normalized spacial score (nSPS) is 13.4. The number of alkyl halides is 1. The van der Waals surface area contributed by atoms with Gasteiger partial charge in [0.05, 0.1) is 12.0 Å². The molecule has 0 saturated carbocycles. The van der Waals surface area contributed by atoms with Gasteiger partial charge in [0.15, 0.2) is 0 Å². The molecule has 0 spiro atoms. The Morgan fingerprint density at radius 2 is 2.17 bits per heavy atom. The largest absolute Gasteiger partial charge is 0.358 e. The second kappa shape index (κ2) is 12.2. The number of halogens is 2. The van der Waals surface area contributed by atoms with E-state index in [9.17, 15) is 0 Å². The van der Waals surface area contributed by atoms with Crippen molar-refractivity contribution in [2.24, 2.45) is 4.99 Å². The highest BCUT2D eigenvalue weighted by Gasteiger charge is 2.09. The van der Waals surface area contributed by atoms with E-state index in [0.29, 0.717) is 6.00 Å². The van der Waals surface area contributed by atoms with Crippen LogP contribution in [-0.2, 0) is 0 Å². The van der Waals surface area contributed by atoms with Gasteiger partial charge >= 0.3 is 0 Å². The van der Waals surface area contributed by atoms with Crippen LogP contribution in [0.3, 0.4) is 0 Å². The van der Waals surface area contributed by atoms with Gasteiger partial charge in [-0.15, -0.1) is 18.2 Å². The van der Waals surface area contributed by atoms with Gasteiger partial charge in [-0.05, 0) is 26.3 Å². The summed E-state index contributed by atoms with van der Waals surface area (Å²) in [4.78, 5) is 4.29. The van der Waals surface area contributed by atoms with E-state index in [2.05, 4.69) is 55.5 Å². The second-order valence-electron chi connectivity index (χ2n) is 4.11. The predicted octanol–water partition coefficient (Wildman–Crippen LogP) is 2.79. The Labute approximate surface area is 130 Å². The van der Waals surface area contributed by atoms with Crippen molar-refractivity contribution in [3.63, 3.8) is 0 Å². The lowest BCUT2D eigenvalue weighted by atomic mass is 10.2. The number of hydrogen-bond acceptors (Lipinski definition) is 3. The van der Waals surface area contributed by atoms with Gasteiger partial charge < -0.3 is 5.32 Å². The average Bonchev–Trinajstić information content (AvgIpc) is 2.33. The van der Waals surface area contributed by atoms with Gasteiger partial charge in [0.2, 0.25) is 0 Å². The minimum absolute atomic E-state index is 0.226. The molecular formula is C12H24ClIN4. The van der Waals surface area contributed by atoms with Crippen LogP contribution in [-0.4, -0.2) is 31.1 Å². The zero-order chi connectivity index (χ0) is 13.8. The van der Waals surface area contributed by atoms with Crippen molar-refractivity contribution in [2.45, 2.75) is 39.3 Å². The minimum Gasteiger partial charge on any atom is -0.358 e. The van der Waals surface area contributed by atoms with Crippen LogP contribution < -0.4 is 14.2 Å². The summed E-state index contributed by atoms with van der Waals surface area (Å²) in [5.74, 6) is 0.951. The fourth-order valence-corrected chi connectivity index (χ4v) is 1.93. The second-order valence-corrected chi connectivity index (χ2v) is 5.11. The highest BCUT2D eigenvalue weighted by Crippen LogP contribution is 2.02. The van der Waals surface area contributed by atoms with E-state index < -0.39 is 0 Å². The van der Waals surface area contributed by atoms with E-state index in [-0.39, 0.29) is 6.17 Å². The monoisotopic (exact) mass is 386 g/mol. The summed E-state index contributed by atoms with van der Waals surface area (Å²) in [5.41, 5.74) is 1.16. The van der Waals surface area contributed by atoms with Gasteiger partial charge in [-0.25, -0.2) is 0 Å². The van der Waals surface area contributed by atoms with Crippen LogP contribution in [0.15, 0.2) is 17.1 Å². The van der Waals surface area contributed by atoms with E-state index in [1.165, 1.54) is 0 Å². The Morgan fingerprint density at radius 1 is 1.44 bits per heavy atom. The van der Waals surface area contributed by atoms with Crippen LogP contribution in [0.1, 0.15) is 33.1 Å². The van der Waals surface area contributed by atoms with Gasteiger partial charge in [0.1, 0.15) is 6.00 Å². The molecule has 0 saturated heterocycles. The van der Waals surface area contributed by atoms with Crippen molar-refractivity contribution in [3.8, 4) is 0 Å². The Balaban J connectivity index is 4.30. The summed E-state index contributed by atoms with van der Waals surface area (Å²) in [7, 11) is 0. The average molecular weight is 387 g/mol. The van der Waals surface area contributed by atoms with Crippen molar-refractivity contribution in [3.05, 3.63) is 12.2 Å². The molecule has 0 amide bonds. The molecule has 4 nitrogen and oxygen atoms in total. The fourth-order valence-electron chi connectivity index (χ4n) is 1.47. The first kappa shape index (κ1) is 18.1. The van der Waals surface area contributed by atoms with Crippen LogP contribution in [0.2, 0.25) is 0 Å². The van der Waals surface area contributed by atoms with E-state index in [4.69, 9.17) is 11.6 Å². The maximum absolute atomic E-state index is 5.69. The quantitative estimate of drug-likeness (QED) is 0.0791. The highest BCUT2D eigenvalue weighted by molar-refractivity contribution is 14.1. The first-order valence-electron chi connectivity index (χ1n) is 6.21. The molecule has 3 N–H and O–H groups in total. The van der Waals surface area contributed by atoms with Crippen molar-refractivity contribution in [1.29, 1.82) is 0 Å². The molecule has 0 radical (unpaired) electrons. The maximum Gasteiger partial charge on any atom is 0.115 e. The minimum atomic E-state index is 0.226. The molecule has 0 heterocycles. The molecule has 0 aromatic rings. The number of hydrogen-bond donors (Lipinski definition) is 3. The molecule has 0 aliphatic rings. The van der Waals surface area contributed by atoms with Crippen LogP contribution in [0.25, 0.3) is 0 Å². The van der Waals surface area contributed by atoms with Gasteiger partial charge in [0.25, 0.3) is 0 Å². The van der Waals surface area contributed by atoms with Crippen LogP contribution in [0.4, 0.5) is 0 Å². The summed E-state index contributed by atoms with van der Waals surface area (Å²) in [6.07, 6.45) is 3.02. The first-order valence-corrected chi connectivity index (χ1v) is 7.82. The first-order chi connectivity index (χ1) is 8.63. The molecule has 0 aliphatic heterocycles. The predicted molar refractivity (Wildman–Crippen MR) is 89.4 cm³/mol. The number of aliphatic imine (C=N–C) groups is 1. The molecule has 18 heavy (non-hydrogen) atoms. The Hall–Kier alpha value is 0.150. The molecule has 0 fully saturated rings. The van der Waals surface area contributed by atoms with Gasteiger partial charge in [0, 0.05) is 35.8 Å². The summed E-state index contributed by atoms with van der Waals surface area (Å²) in [6.45, 7) is 9.90. The molecule has 0 aromatic carbocycles. The molecular weight excluding hydrogens is 363 g/mol. The van der Waals surface area contributed by atoms with Gasteiger partial charge in [-0.2, -0.15) is 0 Å². The van der Waals surface area contributed by atoms with Crippen LogP contribution >= 0.6 is 34.5 Å². The zero-order valence-corrected chi connectivity index (χ0v) is 14.1. The third kappa shape index (κ3) is 10.1. The van der Waals surface area contributed by atoms with E-state index >= 15 is 0 Å². The summed E-state index contributed by atoms with van der Waals surface area (Å²) >= 11 is 7.85. The number of allylic oxidation sites excluding steroid dienone is 1. The maximum atomic E-state index is 5.69. The van der Waals surface area contributed by atoms with Gasteiger partial charge in [-0.1, -0.05) is 12.5 Å². The molecule has 0 rings (SSSR count). The Morgan fingerprint density at radius 3 is 2.67 bits per heavy atom. The molecule has 1 atom stereocenters. The molecule has 106 valence electrons. The van der Waals surface area contributed by atoms with Crippen molar-refractivity contribution in [2.75, 3.05) is 19.1 Å². The third-order valence-electron chi connectivity index (χ3n) is 2.36. The van der Waals surface area contributed by atoms with E-state index in [0.717, 1.165) is 43.8 Å². The summed E-state index contributed by atoms with van der Waals surface area (Å²) in [6, 6.07) is 0.294. The molecule has 0 aliphatic carbocycles. The number of rotatable bonds is 10. The standard InChI is InChI=1S/C12H24ClIN4/c1-4-15-12(7-8-17-14)18-11(16-9-13)6-5-10(2)3/h12,15,17H,2,4-9H2,1,3H3,(H,16,18)/t12-/m0/s1. The molecule has 0 aromatic heterocycles. The van der Waals surface area contributed by atoms with Crippen LogP contribution in [0, 0.1) is 0 Å². The van der Waals surface area contributed by atoms with Crippen molar-refractivity contribution >= 4 is 40.3 Å². The summed E-state index contributed by atoms with van der Waals surface area (Å²) < 4.78 is 3.12. The lowest BCUT2D eigenvalue weighted by molar-refractivity contribution is 0.466. The molecule has 0 bridgehead atoms. The van der Waals surface area contributed by atoms with E-state index in [1.54, 1.807) is 0 Å². The third-order valence-corrected chi connectivity index (χ3v) is 3.02. The summed E-state index contributed by atoms with van der Waals surface area (Å²) in [5, 5.41) is 6.81. The lowest BCUT2D eigenvalue weighted by Gasteiger charge is -2.21. The van der Waals surface area contributed by atoms with Crippen LogP contribution in [0.5, 0.6) is 0 Å². The van der Waals surface area contributed by atoms with Crippen molar-refractivity contribution in [1.82, 2.24) is 14.2 Å². The Bertz CT molecular complexity index is 258. The van der Waals surface area contributed by atoms with E-state index in [1.807, 2.05) is 6.92 Å².